The van der Waals surface area contributed by atoms with Gasteiger partial charge in [-0.2, -0.15) is 13.2 Å². The van der Waals surface area contributed by atoms with Gasteiger partial charge in [-0.05, 0) is 36.5 Å². The predicted octanol–water partition coefficient (Wildman–Crippen LogP) is 3.80. The minimum Gasteiger partial charge on any atom is -0.480 e. The lowest BCUT2D eigenvalue weighted by molar-refractivity contribution is -0.201. The second-order valence-corrected chi connectivity index (χ2v) is 10.3. The highest BCUT2D eigenvalue weighted by Gasteiger charge is 2.54. The van der Waals surface area contributed by atoms with Crippen molar-refractivity contribution in [3.05, 3.63) is 59.7 Å². The van der Waals surface area contributed by atoms with E-state index in [1.807, 2.05) is 0 Å². The van der Waals surface area contributed by atoms with Crippen molar-refractivity contribution in [2.24, 2.45) is 22.6 Å². The van der Waals surface area contributed by atoms with Crippen LogP contribution in [0, 0.1) is 30.0 Å². The number of aromatic nitrogens is 1. The van der Waals surface area contributed by atoms with Gasteiger partial charge in [-0.15, -0.1) is 6.42 Å². The number of ether oxygens (including phenoxy) is 1. The van der Waals surface area contributed by atoms with Crippen molar-refractivity contribution >= 4 is 17.8 Å². The molecule has 12 heteroatoms. The summed E-state index contributed by atoms with van der Waals surface area (Å²) in [5.41, 5.74) is 5.89. The van der Waals surface area contributed by atoms with Gasteiger partial charge in [0.2, 0.25) is 11.8 Å². The van der Waals surface area contributed by atoms with Gasteiger partial charge in [0.05, 0.1) is 24.7 Å². The fourth-order valence-electron chi connectivity index (χ4n) is 5.54. The minimum absolute atomic E-state index is 0.0493. The number of para-hydroxylation sites is 1. The Morgan fingerprint density at radius 1 is 1.32 bits per heavy atom. The Balaban J connectivity index is 1.42. The molecule has 0 saturated heterocycles. The van der Waals surface area contributed by atoms with Gasteiger partial charge in [0.25, 0.3) is 0 Å². The standard InChI is InChI=1S/C28H27F4N5O3/c1-3-27(4-2)12-23(38)37(26(33)36-27)24(15-9-16(29)14-34-13-15)18-10-19(18)25(39)35-20-11-22(28(30,31)32)40-21-8-6-5-7-17(20)21/h1,5-9,13-14,18-20,22,24H,4,10-12H2,2H3,(H2,33,36)(H,35,39)/t18-,19-,20+,22-,24?,27-/m1/s1. The molecule has 3 heterocycles. The molecule has 3 aliphatic rings. The van der Waals surface area contributed by atoms with Crippen LogP contribution in [0.4, 0.5) is 17.6 Å². The van der Waals surface area contributed by atoms with Crippen LogP contribution in [-0.2, 0) is 9.59 Å². The number of aliphatic imine (C=N–C) groups is 1. The Hall–Kier alpha value is -4.14. The summed E-state index contributed by atoms with van der Waals surface area (Å²) in [5.74, 6) is -0.337. The fraction of sp³-hybridized carbons (Fsp3) is 0.429. The molecule has 1 saturated carbocycles. The molecular weight excluding hydrogens is 530 g/mol. The van der Waals surface area contributed by atoms with Crippen LogP contribution in [0.1, 0.15) is 55.8 Å². The monoisotopic (exact) mass is 557 g/mol. The Morgan fingerprint density at radius 3 is 2.73 bits per heavy atom. The van der Waals surface area contributed by atoms with Crippen LogP contribution in [0.3, 0.4) is 0 Å². The number of amides is 2. The summed E-state index contributed by atoms with van der Waals surface area (Å²) in [4.78, 5) is 36.3. The number of terminal acetylenes is 1. The molecule has 0 radical (unpaired) electrons. The molecule has 2 amide bonds. The third-order valence-electron chi connectivity index (χ3n) is 7.76. The molecule has 40 heavy (non-hydrogen) atoms. The summed E-state index contributed by atoms with van der Waals surface area (Å²) >= 11 is 0. The second kappa shape index (κ2) is 10.1. The van der Waals surface area contributed by atoms with E-state index >= 15 is 0 Å². The van der Waals surface area contributed by atoms with Gasteiger partial charge >= 0.3 is 6.18 Å². The number of hydrogen-bond donors (Lipinski definition) is 2. The van der Waals surface area contributed by atoms with Crippen molar-refractivity contribution in [1.29, 1.82) is 0 Å². The number of halogens is 4. The highest BCUT2D eigenvalue weighted by molar-refractivity contribution is 6.00. The SMILES string of the molecule is C#C[C@@]1(CC)CC(=O)N(C(c2cncc(F)c2)[C@@H]2C[C@H]2C(=O)N[C@H]2C[C@H](C(F)(F)F)Oc3ccccc32)C(N)=N1. The van der Waals surface area contributed by atoms with Gasteiger partial charge in [0, 0.05) is 24.1 Å². The number of hydrogen-bond acceptors (Lipinski definition) is 6. The Labute approximate surface area is 228 Å². The zero-order valence-electron chi connectivity index (χ0n) is 21.5. The van der Waals surface area contributed by atoms with Crippen LogP contribution < -0.4 is 15.8 Å². The first-order chi connectivity index (χ1) is 19.0. The van der Waals surface area contributed by atoms with Gasteiger partial charge in [-0.1, -0.05) is 31.0 Å². The summed E-state index contributed by atoms with van der Waals surface area (Å²) in [5, 5.41) is 2.74. The smallest absolute Gasteiger partial charge is 0.425 e. The third-order valence-corrected chi connectivity index (χ3v) is 7.76. The molecule has 2 aromatic rings. The van der Waals surface area contributed by atoms with E-state index in [0.717, 1.165) is 6.20 Å². The first kappa shape index (κ1) is 27.4. The van der Waals surface area contributed by atoms with Gasteiger partial charge in [-0.3, -0.25) is 19.5 Å². The lowest BCUT2D eigenvalue weighted by Crippen LogP contribution is -2.53. The number of benzene rings is 1. The van der Waals surface area contributed by atoms with Gasteiger partial charge < -0.3 is 15.8 Å². The van der Waals surface area contributed by atoms with Crippen molar-refractivity contribution in [3.63, 3.8) is 0 Å². The zero-order chi connectivity index (χ0) is 28.8. The summed E-state index contributed by atoms with van der Waals surface area (Å²) in [6, 6.07) is 5.62. The molecule has 1 aliphatic carbocycles. The van der Waals surface area contributed by atoms with Crippen LogP contribution in [0.2, 0.25) is 0 Å². The number of nitrogens with two attached hydrogens (primary N) is 1. The molecule has 0 spiro atoms. The van der Waals surface area contributed by atoms with Gasteiger partial charge in [-0.25, -0.2) is 9.38 Å². The van der Waals surface area contributed by atoms with Crippen molar-refractivity contribution in [2.45, 2.75) is 62.5 Å². The Morgan fingerprint density at radius 2 is 2.08 bits per heavy atom. The van der Waals surface area contributed by atoms with Gasteiger partial charge in [0.15, 0.2) is 12.1 Å². The maximum atomic E-state index is 14.2. The van der Waals surface area contributed by atoms with Crippen LogP contribution in [-0.4, -0.2) is 45.5 Å². The average Bonchev–Trinajstić information content (AvgIpc) is 3.70. The lowest BCUT2D eigenvalue weighted by Gasteiger charge is -2.38. The summed E-state index contributed by atoms with van der Waals surface area (Å²) in [6.07, 6.45) is 1.38. The van der Waals surface area contributed by atoms with E-state index in [1.54, 1.807) is 25.1 Å². The molecule has 3 N–H and O–H groups in total. The van der Waals surface area contributed by atoms with Crippen LogP contribution in [0.5, 0.6) is 5.75 Å². The average molecular weight is 558 g/mol. The maximum Gasteiger partial charge on any atom is 0.425 e. The van der Waals surface area contributed by atoms with Gasteiger partial charge in [0.1, 0.15) is 17.1 Å². The predicted molar refractivity (Wildman–Crippen MR) is 136 cm³/mol. The van der Waals surface area contributed by atoms with Crippen LogP contribution in [0.15, 0.2) is 47.7 Å². The van der Waals surface area contributed by atoms with Crippen molar-refractivity contribution < 1.29 is 31.9 Å². The van der Waals surface area contributed by atoms with E-state index in [9.17, 15) is 27.2 Å². The molecule has 6 atom stereocenters. The number of carbonyl (C=O) groups is 2. The molecule has 1 fully saturated rings. The topological polar surface area (TPSA) is 110 Å². The van der Waals surface area contributed by atoms with Crippen molar-refractivity contribution in [2.75, 3.05) is 0 Å². The molecule has 5 rings (SSSR count). The van der Waals surface area contributed by atoms with E-state index in [4.69, 9.17) is 16.9 Å². The number of fused-ring (bicyclic) bond motifs is 1. The number of guanidine groups is 1. The summed E-state index contributed by atoms with van der Waals surface area (Å²) in [6.45, 7) is 1.78. The second-order valence-electron chi connectivity index (χ2n) is 10.3. The van der Waals surface area contributed by atoms with Crippen LogP contribution in [0.25, 0.3) is 0 Å². The number of pyridine rings is 1. The molecule has 2 aliphatic heterocycles. The molecule has 1 unspecified atom stereocenters. The Bertz CT molecular complexity index is 1410. The fourth-order valence-corrected chi connectivity index (χ4v) is 5.54. The molecule has 1 aromatic heterocycles. The minimum atomic E-state index is -4.62. The summed E-state index contributed by atoms with van der Waals surface area (Å²) in [7, 11) is 0. The molecule has 210 valence electrons. The van der Waals surface area contributed by atoms with E-state index in [2.05, 4.69) is 21.2 Å². The van der Waals surface area contributed by atoms with E-state index < -0.39 is 65.8 Å². The molecule has 8 nitrogen and oxygen atoms in total. The highest BCUT2D eigenvalue weighted by atomic mass is 19.4. The third kappa shape index (κ3) is 5.08. The number of rotatable bonds is 6. The maximum absolute atomic E-state index is 14.2. The van der Waals surface area contributed by atoms with Crippen LogP contribution >= 0.6 is 0 Å². The van der Waals surface area contributed by atoms with Crippen molar-refractivity contribution in [3.8, 4) is 18.1 Å². The first-order valence-electron chi connectivity index (χ1n) is 12.8. The molecule has 1 aromatic carbocycles. The number of alkyl halides is 3. The largest absolute Gasteiger partial charge is 0.480 e. The first-order valence-corrected chi connectivity index (χ1v) is 12.8. The normalized spacial score (nSPS) is 28.4. The number of nitrogens with zero attached hydrogens (tertiary/aromatic N) is 3. The van der Waals surface area contributed by atoms with E-state index in [-0.39, 0.29) is 24.6 Å². The molecule has 0 bridgehead atoms. The number of carbonyl (C=O) groups excluding carboxylic acids is 2. The van der Waals surface area contributed by atoms with E-state index in [0.29, 0.717) is 17.5 Å². The summed E-state index contributed by atoms with van der Waals surface area (Å²) < 4.78 is 60.0. The quantitative estimate of drug-likeness (QED) is 0.415. The Kier molecular flexibility index (Phi) is 6.94. The van der Waals surface area contributed by atoms with E-state index in [1.165, 1.54) is 23.2 Å². The van der Waals surface area contributed by atoms with Crippen molar-refractivity contribution in [1.82, 2.24) is 15.2 Å². The number of nitrogens with one attached hydrogen (secondary N) is 1. The molecular formula is C28H27F4N5O3. The highest BCUT2D eigenvalue weighted by Crippen LogP contribution is 2.52. The zero-order valence-corrected chi connectivity index (χ0v) is 21.5. The lowest BCUT2D eigenvalue weighted by atomic mass is 9.90.